The van der Waals surface area contributed by atoms with E-state index in [4.69, 9.17) is 15.9 Å². The highest BCUT2D eigenvalue weighted by Gasteiger charge is 1.99. The molecular formula is C9H13NO3. The molecule has 0 aliphatic heterocycles. The van der Waals surface area contributed by atoms with Crippen molar-refractivity contribution in [1.29, 1.82) is 0 Å². The first-order valence-electron chi connectivity index (χ1n) is 3.76. The Hall–Kier alpha value is -1.55. The van der Waals surface area contributed by atoms with E-state index in [9.17, 15) is 4.79 Å². The van der Waals surface area contributed by atoms with Gasteiger partial charge in [-0.2, -0.15) is 0 Å². The lowest BCUT2D eigenvalue weighted by atomic mass is 10.3. The van der Waals surface area contributed by atoms with Gasteiger partial charge in [0.05, 0.1) is 0 Å². The predicted molar refractivity (Wildman–Crippen MR) is 49.4 cm³/mol. The second kappa shape index (κ2) is 6.02. The fourth-order valence-corrected chi connectivity index (χ4v) is 0.428. The molecule has 4 heteroatoms. The van der Waals surface area contributed by atoms with Crippen LogP contribution in [-0.4, -0.2) is 22.2 Å². The Balaban J connectivity index is 0.000000226. The SMILES string of the molecule is CC(N)C(=O)O.Oc1ccccc1. The molecule has 1 atom stereocenters. The fraction of sp³-hybridized carbons (Fsp3) is 0.222. The van der Waals surface area contributed by atoms with Gasteiger partial charge in [0.2, 0.25) is 0 Å². The standard InChI is InChI=1S/C6H6O.C3H7NO2/c7-6-4-2-1-3-5-6;1-2(4)3(5)6/h1-5,7H;2H,4H2,1H3,(H,5,6). The molecule has 4 nitrogen and oxygen atoms in total. The second-order valence-corrected chi connectivity index (χ2v) is 2.46. The van der Waals surface area contributed by atoms with Crippen LogP contribution >= 0.6 is 0 Å². The molecule has 0 aliphatic rings. The van der Waals surface area contributed by atoms with E-state index < -0.39 is 12.0 Å². The molecule has 72 valence electrons. The molecule has 1 aromatic carbocycles. The summed E-state index contributed by atoms with van der Waals surface area (Å²) in [6.07, 6.45) is 0. The minimum Gasteiger partial charge on any atom is -0.508 e. The maximum atomic E-state index is 9.57. The number of aromatic hydroxyl groups is 1. The molecule has 0 radical (unpaired) electrons. The van der Waals surface area contributed by atoms with Gasteiger partial charge in [0, 0.05) is 0 Å². The molecule has 1 rings (SSSR count). The molecule has 0 fully saturated rings. The Morgan fingerprint density at radius 2 is 1.77 bits per heavy atom. The molecule has 0 spiro atoms. The van der Waals surface area contributed by atoms with Crippen LogP contribution < -0.4 is 5.73 Å². The van der Waals surface area contributed by atoms with Gasteiger partial charge in [-0.1, -0.05) is 18.2 Å². The van der Waals surface area contributed by atoms with Crippen LogP contribution in [0.25, 0.3) is 0 Å². The number of nitrogens with two attached hydrogens (primary N) is 1. The average Bonchev–Trinajstić information content (AvgIpc) is 2.06. The van der Waals surface area contributed by atoms with Gasteiger partial charge in [0.15, 0.2) is 0 Å². The lowest BCUT2D eigenvalue weighted by Gasteiger charge is -1.90. The van der Waals surface area contributed by atoms with Gasteiger partial charge in [0.25, 0.3) is 0 Å². The van der Waals surface area contributed by atoms with Crippen LogP contribution in [0, 0.1) is 0 Å². The van der Waals surface area contributed by atoms with Crippen molar-refractivity contribution >= 4 is 5.97 Å². The molecule has 0 saturated heterocycles. The number of carbonyl (C=O) groups is 1. The first-order valence-corrected chi connectivity index (χ1v) is 3.76. The number of benzene rings is 1. The Labute approximate surface area is 76.6 Å². The zero-order valence-electron chi connectivity index (χ0n) is 7.34. The molecule has 0 aliphatic carbocycles. The molecule has 0 aromatic heterocycles. The van der Waals surface area contributed by atoms with Crippen LogP contribution in [0.1, 0.15) is 6.92 Å². The van der Waals surface area contributed by atoms with Crippen molar-refractivity contribution in [3.05, 3.63) is 30.3 Å². The van der Waals surface area contributed by atoms with Gasteiger partial charge < -0.3 is 15.9 Å². The summed E-state index contributed by atoms with van der Waals surface area (Å²) >= 11 is 0. The lowest BCUT2D eigenvalue weighted by molar-refractivity contribution is -0.138. The van der Waals surface area contributed by atoms with Crippen molar-refractivity contribution in [1.82, 2.24) is 0 Å². The Kier molecular flexibility index (Phi) is 5.30. The number of para-hydroxylation sites is 1. The van der Waals surface area contributed by atoms with Gasteiger partial charge >= 0.3 is 5.97 Å². The second-order valence-electron chi connectivity index (χ2n) is 2.46. The number of phenols is 1. The molecule has 1 aromatic rings. The molecule has 0 bridgehead atoms. The minimum atomic E-state index is -0.963. The molecule has 13 heavy (non-hydrogen) atoms. The summed E-state index contributed by atoms with van der Waals surface area (Å²) in [5.74, 6) is -0.641. The first kappa shape index (κ1) is 11.4. The van der Waals surface area contributed by atoms with Crippen LogP contribution in [0.2, 0.25) is 0 Å². The lowest BCUT2D eigenvalue weighted by Crippen LogP contribution is -2.25. The van der Waals surface area contributed by atoms with Crippen LogP contribution in [0.15, 0.2) is 30.3 Å². The van der Waals surface area contributed by atoms with Gasteiger partial charge in [-0.15, -0.1) is 0 Å². The van der Waals surface area contributed by atoms with E-state index in [2.05, 4.69) is 0 Å². The Bertz CT molecular complexity index is 246. The number of carboxylic acids is 1. The number of hydrogen-bond acceptors (Lipinski definition) is 3. The molecule has 0 heterocycles. The van der Waals surface area contributed by atoms with E-state index in [0.29, 0.717) is 5.75 Å². The summed E-state index contributed by atoms with van der Waals surface area (Å²) in [7, 11) is 0. The van der Waals surface area contributed by atoms with Crippen LogP contribution in [0.4, 0.5) is 0 Å². The Morgan fingerprint density at radius 1 is 1.38 bits per heavy atom. The number of rotatable bonds is 1. The van der Waals surface area contributed by atoms with Crippen LogP contribution in [-0.2, 0) is 4.79 Å². The normalized spacial score (nSPS) is 10.9. The van der Waals surface area contributed by atoms with Crippen molar-refractivity contribution in [2.75, 3.05) is 0 Å². The maximum absolute atomic E-state index is 9.57. The number of phenolic OH excluding ortho intramolecular Hbond substituents is 1. The van der Waals surface area contributed by atoms with E-state index in [1.54, 1.807) is 24.3 Å². The summed E-state index contributed by atoms with van der Waals surface area (Å²) in [5.41, 5.74) is 4.84. The van der Waals surface area contributed by atoms with Crippen molar-refractivity contribution in [2.45, 2.75) is 13.0 Å². The minimum absolute atomic E-state index is 0.322. The third-order valence-corrected chi connectivity index (χ3v) is 1.15. The fourth-order valence-electron chi connectivity index (χ4n) is 0.428. The van der Waals surface area contributed by atoms with Crippen molar-refractivity contribution < 1.29 is 15.0 Å². The summed E-state index contributed by atoms with van der Waals surface area (Å²) in [4.78, 5) is 9.57. The summed E-state index contributed by atoms with van der Waals surface area (Å²) in [6.45, 7) is 1.42. The number of aliphatic carboxylic acids is 1. The molecule has 0 amide bonds. The summed E-state index contributed by atoms with van der Waals surface area (Å²) in [6, 6.07) is 7.98. The topological polar surface area (TPSA) is 83.6 Å². The van der Waals surface area contributed by atoms with Crippen molar-refractivity contribution in [3.8, 4) is 5.75 Å². The van der Waals surface area contributed by atoms with E-state index >= 15 is 0 Å². The largest absolute Gasteiger partial charge is 0.508 e. The number of hydrogen-bond donors (Lipinski definition) is 3. The third-order valence-electron chi connectivity index (χ3n) is 1.15. The van der Waals surface area contributed by atoms with Gasteiger partial charge in [-0.25, -0.2) is 0 Å². The average molecular weight is 183 g/mol. The van der Waals surface area contributed by atoms with Gasteiger partial charge in [-0.3, -0.25) is 4.79 Å². The van der Waals surface area contributed by atoms with Crippen molar-refractivity contribution in [3.63, 3.8) is 0 Å². The van der Waals surface area contributed by atoms with E-state index in [1.807, 2.05) is 6.07 Å². The molecule has 4 N–H and O–H groups in total. The smallest absolute Gasteiger partial charge is 0.320 e. The highest BCUT2D eigenvalue weighted by atomic mass is 16.4. The third kappa shape index (κ3) is 6.83. The highest BCUT2D eigenvalue weighted by Crippen LogP contribution is 2.02. The predicted octanol–water partition coefficient (Wildman–Crippen LogP) is 0.810. The quantitative estimate of drug-likeness (QED) is 0.601. The maximum Gasteiger partial charge on any atom is 0.320 e. The van der Waals surface area contributed by atoms with E-state index in [0.717, 1.165) is 0 Å². The highest BCUT2D eigenvalue weighted by molar-refractivity contribution is 5.72. The van der Waals surface area contributed by atoms with E-state index in [-0.39, 0.29) is 0 Å². The molecular weight excluding hydrogens is 170 g/mol. The molecule has 0 saturated carbocycles. The molecule has 1 unspecified atom stereocenters. The van der Waals surface area contributed by atoms with E-state index in [1.165, 1.54) is 6.92 Å². The Morgan fingerprint density at radius 3 is 1.92 bits per heavy atom. The first-order chi connectivity index (χ1) is 6.04. The zero-order valence-corrected chi connectivity index (χ0v) is 7.34. The van der Waals surface area contributed by atoms with Gasteiger partial charge in [0.1, 0.15) is 11.8 Å². The van der Waals surface area contributed by atoms with Gasteiger partial charge in [-0.05, 0) is 19.1 Å². The summed E-state index contributed by atoms with van der Waals surface area (Å²) < 4.78 is 0. The van der Waals surface area contributed by atoms with Crippen LogP contribution in [0.5, 0.6) is 5.75 Å². The summed E-state index contributed by atoms with van der Waals surface area (Å²) in [5, 5.41) is 16.5. The zero-order chi connectivity index (χ0) is 10.3. The monoisotopic (exact) mass is 183 g/mol. The van der Waals surface area contributed by atoms with Crippen molar-refractivity contribution in [2.24, 2.45) is 5.73 Å². The van der Waals surface area contributed by atoms with Crippen LogP contribution in [0.3, 0.4) is 0 Å². The number of carboxylic acid groups (broad SMARTS) is 1.